The van der Waals surface area contributed by atoms with Crippen LogP contribution in [-0.4, -0.2) is 33.9 Å². The summed E-state index contributed by atoms with van der Waals surface area (Å²) in [5, 5.41) is 0. The quantitative estimate of drug-likeness (QED) is 0.470. The predicted molar refractivity (Wildman–Crippen MR) is 113 cm³/mol. The topological polar surface area (TPSA) is 72.4 Å². The second-order valence-corrected chi connectivity index (χ2v) is 7.97. The van der Waals surface area contributed by atoms with E-state index in [0.717, 1.165) is 47.5 Å². The Bertz CT molecular complexity index is 1160. The number of aromatic nitrogens is 2. The first-order valence-electron chi connectivity index (χ1n) is 10.2. The van der Waals surface area contributed by atoms with Crippen molar-refractivity contribution in [2.75, 3.05) is 7.05 Å². The Labute approximate surface area is 174 Å². The van der Waals surface area contributed by atoms with Gasteiger partial charge in [0.15, 0.2) is 11.5 Å². The fourth-order valence-electron chi connectivity index (χ4n) is 4.21. The highest BCUT2D eigenvalue weighted by Gasteiger charge is 2.33. The van der Waals surface area contributed by atoms with E-state index in [4.69, 9.17) is 8.83 Å². The lowest BCUT2D eigenvalue weighted by Gasteiger charge is -2.24. The summed E-state index contributed by atoms with van der Waals surface area (Å²) in [6, 6.07) is 15.3. The predicted octanol–water partition coefficient (Wildman–Crippen LogP) is 5.20. The fourth-order valence-corrected chi connectivity index (χ4v) is 4.21. The molecule has 152 valence electrons. The fraction of sp³-hybridized carbons (Fsp3) is 0.292. The van der Waals surface area contributed by atoms with E-state index in [0.29, 0.717) is 11.5 Å². The Morgan fingerprint density at radius 3 is 2.60 bits per heavy atom. The molecule has 0 radical (unpaired) electrons. The van der Waals surface area contributed by atoms with Crippen LogP contribution in [0.1, 0.15) is 47.1 Å². The maximum Gasteiger partial charge on any atom is 0.253 e. The molecule has 1 aliphatic carbocycles. The van der Waals surface area contributed by atoms with Crippen molar-refractivity contribution in [1.29, 1.82) is 0 Å². The third-order valence-corrected chi connectivity index (χ3v) is 5.93. The van der Waals surface area contributed by atoms with Crippen molar-refractivity contribution >= 4 is 17.0 Å². The van der Waals surface area contributed by atoms with Crippen molar-refractivity contribution < 1.29 is 13.6 Å². The number of hydrogen-bond acceptors (Lipinski definition) is 5. The Balaban J connectivity index is 1.29. The van der Waals surface area contributed by atoms with Crippen molar-refractivity contribution in [3.63, 3.8) is 0 Å². The summed E-state index contributed by atoms with van der Waals surface area (Å²) >= 11 is 0. The first kappa shape index (κ1) is 18.6. The molecule has 1 aliphatic rings. The van der Waals surface area contributed by atoms with E-state index < -0.39 is 0 Å². The number of rotatable bonds is 4. The minimum absolute atomic E-state index is 0.0216. The molecular weight excluding hydrogens is 378 g/mol. The van der Waals surface area contributed by atoms with Crippen LogP contribution in [0, 0.1) is 6.92 Å². The first-order chi connectivity index (χ1) is 14.6. The number of para-hydroxylation sites is 2. The molecule has 2 heterocycles. The number of oxazole rings is 2. The normalized spacial score (nSPS) is 18.7. The lowest BCUT2D eigenvalue weighted by molar-refractivity contribution is 0.0733. The van der Waals surface area contributed by atoms with E-state index in [2.05, 4.69) is 9.97 Å². The van der Waals surface area contributed by atoms with Gasteiger partial charge in [0.05, 0.1) is 5.69 Å². The molecule has 6 nitrogen and oxygen atoms in total. The SMILES string of the molecule is Cc1coc(C2CCC(N(C)C(=O)c3ccc(-c4nc5ccccc5o4)cc3)C2)n1. The van der Waals surface area contributed by atoms with Gasteiger partial charge in [0, 0.05) is 30.1 Å². The third-order valence-electron chi connectivity index (χ3n) is 5.93. The van der Waals surface area contributed by atoms with E-state index >= 15 is 0 Å². The second kappa shape index (κ2) is 7.44. The maximum absolute atomic E-state index is 13.0. The largest absolute Gasteiger partial charge is 0.448 e. The van der Waals surface area contributed by atoms with Crippen molar-refractivity contribution in [3.8, 4) is 11.5 Å². The van der Waals surface area contributed by atoms with Crippen LogP contribution in [0.4, 0.5) is 0 Å². The highest BCUT2D eigenvalue weighted by Crippen LogP contribution is 2.36. The first-order valence-corrected chi connectivity index (χ1v) is 10.2. The number of carbonyl (C=O) groups is 1. The number of amides is 1. The van der Waals surface area contributed by atoms with Gasteiger partial charge in [-0.05, 0) is 62.6 Å². The van der Waals surface area contributed by atoms with Crippen LogP contribution in [0.25, 0.3) is 22.6 Å². The number of benzene rings is 2. The molecule has 2 aromatic heterocycles. The molecule has 2 atom stereocenters. The van der Waals surface area contributed by atoms with E-state index in [-0.39, 0.29) is 17.9 Å². The molecule has 1 fully saturated rings. The third kappa shape index (κ3) is 3.38. The van der Waals surface area contributed by atoms with Crippen LogP contribution in [0.2, 0.25) is 0 Å². The minimum Gasteiger partial charge on any atom is -0.448 e. The van der Waals surface area contributed by atoms with Gasteiger partial charge in [-0.25, -0.2) is 9.97 Å². The Morgan fingerprint density at radius 1 is 1.07 bits per heavy atom. The van der Waals surface area contributed by atoms with Gasteiger partial charge < -0.3 is 13.7 Å². The zero-order valence-corrected chi connectivity index (χ0v) is 17.0. The van der Waals surface area contributed by atoms with Crippen LogP contribution in [0.15, 0.2) is 63.6 Å². The van der Waals surface area contributed by atoms with Gasteiger partial charge in [0.1, 0.15) is 11.8 Å². The number of fused-ring (bicyclic) bond motifs is 1. The molecule has 5 rings (SSSR count). The average Bonchev–Trinajstić information content (AvgIpc) is 3.51. The summed E-state index contributed by atoms with van der Waals surface area (Å²) < 4.78 is 11.4. The maximum atomic E-state index is 13.0. The molecule has 0 N–H and O–H groups in total. The minimum atomic E-state index is 0.0216. The molecule has 1 amide bonds. The van der Waals surface area contributed by atoms with Crippen LogP contribution < -0.4 is 0 Å². The Hall–Kier alpha value is -3.41. The van der Waals surface area contributed by atoms with Gasteiger partial charge in [0.25, 0.3) is 5.91 Å². The summed E-state index contributed by atoms with van der Waals surface area (Å²) in [5.41, 5.74) is 3.99. The van der Waals surface area contributed by atoms with Crippen LogP contribution >= 0.6 is 0 Å². The number of hydrogen-bond donors (Lipinski definition) is 0. The van der Waals surface area contributed by atoms with Gasteiger partial charge >= 0.3 is 0 Å². The van der Waals surface area contributed by atoms with Crippen molar-refractivity contribution in [1.82, 2.24) is 14.9 Å². The zero-order chi connectivity index (χ0) is 20.7. The summed E-state index contributed by atoms with van der Waals surface area (Å²) in [4.78, 5) is 23.8. The molecular formula is C24H23N3O3. The van der Waals surface area contributed by atoms with Crippen LogP contribution in [-0.2, 0) is 0 Å². The van der Waals surface area contributed by atoms with Crippen LogP contribution in [0.5, 0.6) is 0 Å². The molecule has 0 bridgehead atoms. The van der Waals surface area contributed by atoms with E-state index in [1.807, 2.05) is 67.4 Å². The van der Waals surface area contributed by atoms with E-state index in [9.17, 15) is 4.79 Å². The van der Waals surface area contributed by atoms with E-state index in [1.54, 1.807) is 6.26 Å². The van der Waals surface area contributed by atoms with Gasteiger partial charge in [-0.3, -0.25) is 4.79 Å². The summed E-state index contributed by atoms with van der Waals surface area (Å²) in [5.74, 6) is 1.65. The monoisotopic (exact) mass is 401 g/mol. The standard InChI is InChI=1S/C24H23N3O3/c1-15-14-29-22(25-15)18-11-12-19(13-18)27(2)24(28)17-9-7-16(8-10-17)23-26-20-5-3-4-6-21(20)30-23/h3-10,14,18-19H,11-13H2,1-2H3. The van der Waals surface area contributed by atoms with Crippen molar-refractivity contribution in [3.05, 3.63) is 71.9 Å². The van der Waals surface area contributed by atoms with Gasteiger partial charge in [0.2, 0.25) is 5.89 Å². The van der Waals surface area contributed by atoms with Crippen LogP contribution in [0.3, 0.4) is 0 Å². The molecule has 6 heteroatoms. The second-order valence-electron chi connectivity index (χ2n) is 7.97. The zero-order valence-electron chi connectivity index (χ0n) is 17.0. The summed E-state index contributed by atoms with van der Waals surface area (Å²) in [6.07, 6.45) is 4.51. The molecule has 0 saturated heterocycles. The lowest BCUT2D eigenvalue weighted by atomic mass is 10.1. The average molecular weight is 401 g/mol. The molecule has 1 saturated carbocycles. The summed E-state index contributed by atoms with van der Waals surface area (Å²) in [6.45, 7) is 1.93. The van der Waals surface area contributed by atoms with Gasteiger partial charge in [-0.2, -0.15) is 0 Å². The molecule has 4 aromatic rings. The van der Waals surface area contributed by atoms with Gasteiger partial charge in [-0.1, -0.05) is 12.1 Å². The molecule has 0 aliphatic heterocycles. The Kier molecular flexibility index (Phi) is 4.62. The molecule has 2 aromatic carbocycles. The highest BCUT2D eigenvalue weighted by atomic mass is 16.3. The molecule has 30 heavy (non-hydrogen) atoms. The lowest BCUT2D eigenvalue weighted by Crippen LogP contribution is -2.35. The molecule has 2 unspecified atom stereocenters. The highest BCUT2D eigenvalue weighted by molar-refractivity contribution is 5.94. The summed E-state index contributed by atoms with van der Waals surface area (Å²) in [7, 11) is 1.88. The number of nitrogens with zero attached hydrogens (tertiary/aromatic N) is 3. The van der Waals surface area contributed by atoms with E-state index in [1.165, 1.54) is 0 Å². The number of aryl methyl sites for hydroxylation is 1. The van der Waals surface area contributed by atoms with Crippen molar-refractivity contribution in [2.45, 2.75) is 38.1 Å². The van der Waals surface area contributed by atoms with Gasteiger partial charge in [-0.15, -0.1) is 0 Å². The number of carbonyl (C=O) groups excluding carboxylic acids is 1. The molecule has 0 spiro atoms. The Morgan fingerprint density at radius 2 is 1.87 bits per heavy atom. The van der Waals surface area contributed by atoms with Crippen molar-refractivity contribution in [2.24, 2.45) is 0 Å². The smallest absolute Gasteiger partial charge is 0.253 e.